The number of amides is 1. The van der Waals surface area contributed by atoms with Crippen LogP contribution in [0.2, 0.25) is 0 Å². The van der Waals surface area contributed by atoms with Crippen LogP contribution in [0.4, 0.5) is 0 Å². The van der Waals surface area contributed by atoms with Gasteiger partial charge in [0, 0.05) is 31.7 Å². The van der Waals surface area contributed by atoms with Crippen molar-refractivity contribution in [1.29, 1.82) is 0 Å². The van der Waals surface area contributed by atoms with Gasteiger partial charge in [-0.05, 0) is 31.9 Å². The largest absolute Gasteiger partial charge is 0.335 e. The Morgan fingerprint density at radius 1 is 1.40 bits per heavy atom. The minimum absolute atomic E-state index is 0.0210. The van der Waals surface area contributed by atoms with Crippen LogP contribution < -0.4 is 0 Å². The Hall–Kier alpha value is -2.24. The van der Waals surface area contributed by atoms with Gasteiger partial charge in [-0.2, -0.15) is 5.10 Å². The van der Waals surface area contributed by atoms with Crippen LogP contribution in [-0.4, -0.2) is 43.6 Å². The van der Waals surface area contributed by atoms with Crippen LogP contribution in [0.1, 0.15) is 35.2 Å². The Bertz CT molecular complexity index is 595. The molecule has 0 radical (unpaired) electrons. The number of nitrogens with zero attached hydrogens (tertiary/aromatic N) is 5. The molecular weight excluding hydrogens is 254 g/mol. The molecule has 0 aromatic carbocycles. The highest BCUT2D eigenvalue weighted by atomic mass is 16.2. The third kappa shape index (κ3) is 2.54. The predicted octanol–water partition coefficient (Wildman–Crippen LogP) is 1.46. The maximum Gasteiger partial charge on any atom is 0.272 e. The van der Waals surface area contributed by atoms with Crippen molar-refractivity contribution >= 4 is 5.91 Å². The molecule has 6 nitrogen and oxygen atoms in total. The molecule has 0 saturated carbocycles. The maximum absolute atomic E-state index is 12.5. The molecule has 0 N–H and O–H groups in total. The lowest BCUT2D eigenvalue weighted by atomic mass is 10.1. The standard InChI is InChI=1S/C14H17N5O/c1-11-15-7-5-13(17-11)14(20)18-8-2-4-12(10-18)19-9-3-6-16-19/h3,5-7,9,12H,2,4,8,10H2,1H3. The van der Waals surface area contributed by atoms with Crippen molar-refractivity contribution in [3.8, 4) is 0 Å². The molecule has 1 unspecified atom stereocenters. The van der Waals surface area contributed by atoms with Crippen molar-refractivity contribution in [2.45, 2.75) is 25.8 Å². The van der Waals surface area contributed by atoms with Gasteiger partial charge in [-0.25, -0.2) is 9.97 Å². The number of rotatable bonds is 2. The van der Waals surface area contributed by atoms with Crippen molar-refractivity contribution < 1.29 is 4.79 Å². The van der Waals surface area contributed by atoms with E-state index < -0.39 is 0 Å². The zero-order valence-corrected chi connectivity index (χ0v) is 11.4. The summed E-state index contributed by atoms with van der Waals surface area (Å²) in [6, 6.07) is 3.84. The second kappa shape index (κ2) is 5.40. The fraction of sp³-hybridized carbons (Fsp3) is 0.429. The van der Waals surface area contributed by atoms with Crippen molar-refractivity contribution in [3.05, 3.63) is 42.2 Å². The molecule has 3 rings (SSSR count). The first-order valence-corrected chi connectivity index (χ1v) is 6.82. The SMILES string of the molecule is Cc1nccc(C(=O)N2CCCC(n3cccn3)C2)n1. The summed E-state index contributed by atoms with van der Waals surface area (Å²) in [5.74, 6) is 0.601. The van der Waals surface area contributed by atoms with E-state index in [1.165, 1.54) is 0 Å². The minimum Gasteiger partial charge on any atom is -0.335 e. The van der Waals surface area contributed by atoms with E-state index in [1.54, 1.807) is 25.4 Å². The molecule has 3 heterocycles. The molecule has 20 heavy (non-hydrogen) atoms. The van der Waals surface area contributed by atoms with E-state index >= 15 is 0 Å². The Kier molecular flexibility index (Phi) is 3.45. The summed E-state index contributed by atoms with van der Waals surface area (Å²) in [7, 11) is 0. The molecular formula is C14H17N5O. The van der Waals surface area contributed by atoms with Gasteiger partial charge in [0.25, 0.3) is 5.91 Å². The van der Waals surface area contributed by atoms with E-state index in [4.69, 9.17) is 0 Å². The summed E-state index contributed by atoms with van der Waals surface area (Å²) in [4.78, 5) is 22.6. The smallest absolute Gasteiger partial charge is 0.272 e. The van der Waals surface area contributed by atoms with Crippen molar-refractivity contribution in [1.82, 2.24) is 24.6 Å². The highest BCUT2D eigenvalue weighted by Gasteiger charge is 2.26. The lowest BCUT2D eigenvalue weighted by molar-refractivity contribution is 0.0666. The molecule has 1 fully saturated rings. The molecule has 6 heteroatoms. The van der Waals surface area contributed by atoms with Gasteiger partial charge >= 0.3 is 0 Å². The lowest BCUT2D eigenvalue weighted by Gasteiger charge is -2.32. The normalized spacial score (nSPS) is 19.1. The fourth-order valence-corrected chi connectivity index (χ4v) is 2.59. The molecule has 0 spiro atoms. The van der Waals surface area contributed by atoms with Gasteiger partial charge in [0.15, 0.2) is 0 Å². The average molecular weight is 271 g/mol. The first kappa shape index (κ1) is 12.8. The molecule has 1 aliphatic heterocycles. The first-order chi connectivity index (χ1) is 9.74. The third-order valence-corrected chi connectivity index (χ3v) is 3.58. The number of aryl methyl sites for hydroxylation is 1. The summed E-state index contributed by atoms with van der Waals surface area (Å²) in [6.07, 6.45) is 7.39. The average Bonchev–Trinajstić information content (AvgIpc) is 3.01. The molecule has 1 atom stereocenters. The van der Waals surface area contributed by atoms with Gasteiger partial charge in [0.2, 0.25) is 0 Å². The fourth-order valence-electron chi connectivity index (χ4n) is 2.59. The van der Waals surface area contributed by atoms with Crippen LogP contribution >= 0.6 is 0 Å². The number of hydrogen-bond acceptors (Lipinski definition) is 4. The van der Waals surface area contributed by atoms with Crippen LogP contribution in [0.25, 0.3) is 0 Å². The van der Waals surface area contributed by atoms with Crippen molar-refractivity contribution in [3.63, 3.8) is 0 Å². The van der Waals surface area contributed by atoms with Gasteiger partial charge < -0.3 is 4.90 Å². The topological polar surface area (TPSA) is 63.9 Å². The summed E-state index contributed by atoms with van der Waals surface area (Å²) < 4.78 is 1.94. The molecule has 0 bridgehead atoms. The van der Waals surface area contributed by atoms with Gasteiger partial charge in [-0.1, -0.05) is 0 Å². The highest BCUT2D eigenvalue weighted by Crippen LogP contribution is 2.21. The Balaban J connectivity index is 1.75. The van der Waals surface area contributed by atoms with Gasteiger partial charge in [-0.15, -0.1) is 0 Å². The van der Waals surface area contributed by atoms with Gasteiger partial charge in [0.05, 0.1) is 6.04 Å². The summed E-state index contributed by atoms with van der Waals surface area (Å²) >= 11 is 0. The Morgan fingerprint density at radius 2 is 2.30 bits per heavy atom. The quantitative estimate of drug-likeness (QED) is 0.829. The Morgan fingerprint density at radius 3 is 3.05 bits per heavy atom. The van der Waals surface area contributed by atoms with Crippen LogP contribution in [0.5, 0.6) is 0 Å². The van der Waals surface area contributed by atoms with E-state index in [0.717, 1.165) is 19.4 Å². The van der Waals surface area contributed by atoms with E-state index in [0.29, 0.717) is 18.1 Å². The van der Waals surface area contributed by atoms with Gasteiger partial charge in [0.1, 0.15) is 11.5 Å². The van der Waals surface area contributed by atoms with E-state index in [-0.39, 0.29) is 11.9 Å². The van der Waals surface area contributed by atoms with Crippen LogP contribution in [0, 0.1) is 6.92 Å². The van der Waals surface area contributed by atoms with Crippen molar-refractivity contribution in [2.24, 2.45) is 0 Å². The van der Waals surface area contributed by atoms with Gasteiger partial charge in [-0.3, -0.25) is 9.48 Å². The molecule has 104 valence electrons. The molecule has 1 amide bonds. The summed E-state index contributed by atoms with van der Waals surface area (Å²) in [6.45, 7) is 3.25. The lowest BCUT2D eigenvalue weighted by Crippen LogP contribution is -2.41. The van der Waals surface area contributed by atoms with Crippen LogP contribution in [0.15, 0.2) is 30.7 Å². The minimum atomic E-state index is -0.0210. The van der Waals surface area contributed by atoms with Crippen molar-refractivity contribution in [2.75, 3.05) is 13.1 Å². The van der Waals surface area contributed by atoms with E-state index in [9.17, 15) is 4.79 Å². The molecule has 1 aliphatic rings. The predicted molar refractivity (Wildman–Crippen MR) is 73.2 cm³/mol. The molecule has 2 aromatic rings. The number of carbonyl (C=O) groups is 1. The molecule has 0 aliphatic carbocycles. The number of carbonyl (C=O) groups excluding carboxylic acids is 1. The monoisotopic (exact) mass is 271 g/mol. The third-order valence-electron chi connectivity index (χ3n) is 3.58. The number of piperidine rings is 1. The number of hydrogen-bond donors (Lipinski definition) is 0. The maximum atomic E-state index is 12.5. The highest BCUT2D eigenvalue weighted by molar-refractivity contribution is 5.92. The van der Waals surface area contributed by atoms with E-state index in [1.807, 2.05) is 21.8 Å². The van der Waals surface area contributed by atoms with Crippen LogP contribution in [-0.2, 0) is 0 Å². The summed E-state index contributed by atoms with van der Waals surface area (Å²) in [5.41, 5.74) is 0.471. The number of aromatic nitrogens is 4. The first-order valence-electron chi connectivity index (χ1n) is 6.82. The second-order valence-corrected chi connectivity index (χ2v) is 5.02. The zero-order valence-electron chi connectivity index (χ0n) is 11.4. The Labute approximate surface area is 117 Å². The second-order valence-electron chi connectivity index (χ2n) is 5.02. The zero-order chi connectivity index (χ0) is 13.9. The number of likely N-dealkylation sites (tertiary alicyclic amines) is 1. The van der Waals surface area contributed by atoms with Crippen LogP contribution in [0.3, 0.4) is 0 Å². The van der Waals surface area contributed by atoms with E-state index in [2.05, 4.69) is 15.1 Å². The molecule has 2 aromatic heterocycles. The summed E-state index contributed by atoms with van der Waals surface area (Å²) in [5, 5.41) is 4.27. The molecule has 1 saturated heterocycles.